The molecule has 0 radical (unpaired) electrons. The molecule has 0 aliphatic carbocycles. The van der Waals surface area contributed by atoms with E-state index in [2.05, 4.69) is 55.9 Å². The van der Waals surface area contributed by atoms with Gasteiger partial charge in [0.05, 0.1) is 0 Å². The zero-order valence-electron chi connectivity index (χ0n) is 8.58. The summed E-state index contributed by atoms with van der Waals surface area (Å²) in [4.78, 5) is 5.59. The van der Waals surface area contributed by atoms with E-state index in [1.165, 1.54) is 10.5 Å². The van der Waals surface area contributed by atoms with E-state index in [1.54, 1.807) is 11.8 Å². The van der Waals surface area contributed by atoms with Crippen molar-refractivity contribution in [2.45, 2.75) is 16.8 Å². The fourth-order valence-electron chi connectivity index (χ4n) is 1.27. The van der Waals surface area contributed by atoms with E-state index < -0.39 is 0 Å². The van der Waals surface area contributed by atoms with Gasteiger partial charge in [0.2, 0.25) is 0 Å². The maximum atomic E-state index is 4.41. The summed E-state index contributed by atoms with van der Waals surface area (Å²) >= 11 is 8.62. The van der Waals surface area contributed by atoms with Crippen LogP contribution in [0.5, 0.6) is 0 Å². The summed E-state index contributed by atoms with van der Waals surface area (Å²) in [7, 11) is 0. The van der Waals surface area contributed by atoms with Gasteiger partial charge in [0.1, 0.15) is 5.03 Å². The first-order chi connectivity index (χ1) is 7.66. The number of aryl methyl sites for hydroxylation is 1. The van der Waals surface area contributed by atoms with Crippen LogP contribution >= 0.6 is 43.6 Å². The zero-order valence-corrected chi connectivity index (χ0v) is 12.6. The summed E-state index contributed by atoms with van der Waals surface area (Å²) in [6, 6.07) is 10.2. The van der Waals surface area contributed by atoms with Crippen molar-refractivity contribution in [2.75, 3.05) is 0 Å². The molecular weight excluding hydrogens is 350 g/mol. The molecule has 0 fully saturated rings. The third-order valence-electron chi connectivity index (χ3n) is 2.04. The molecule has 1 aromatic carbocycles. The molecular formula is C12H9Br2NS. The molecule has 0 amide bonds. The Morgan fingerprint density at radius 3 is 2.62 bits per heavy atom. The lowest BCUT2D eigenvalue weighted by atomic mass is 10.3. The maximum absolute atomic E-state index is 4.41. The minimum atomic E-state index is 1.02. The van der Waals surface area contributed by atoms with Gasteiger partial charge >= 0.3 is 0 Å². The van der Waals surface area contributed by atoms with Crippen LogP contribution in [0.4, 0.5) is 0 Å². The van der Waals surface area contributed by atoms with Crippen molar-refractivity contribution >= 4 is 43.6 Å². The van der Waals surface area contributed by atoms with E-state index in [0.717, 1.165) is 14.0 Å². The predicted molar refractivity (Wildman–Crippen MR) is 74.9 cm³/mol. The second kappa shape index (κ2) is 5.34. The molecule has 2 aromatic rings. The Labute approximate surface area is 116 Å². The number of pyridine rings is 1. The average Bonchev–Trinajstić information content (AvgIpc) is 2.25. The molecule has 1 nitrogen and oxygen atoms in total. The van der Waals surface area contributed by atoms with Crippen molar-refractivity contribution in [1.82, 2.24) is 4.98 Å². The highest BCUT2D eigenvalue weighted by Gasteiger charge is 2.05. The first-order valence-electron chi connectivity index (χ1n) is 4.71. The molecule has 0 saturated carbocycles. The number of nitrogens with zero attached hydrogens (tertiary/aromatic N) is 1. The number of rotatable bonds is 2. The van der Waals surface area contributed by atoms with Gasteiger partial charge in [0, 0.05) is 20.0 Å². The van der Waals surface area contributed by atoms with Gasteiger partial charge < -0.3 is 0 Å². The summed E-state index contributed by atoms with van der Waals surface area (Å²) in [6.07, 6.45) is 1.83. The summed E-state index contributed by atoms with van der Waals surface area (Å²) in [5.74, 6) is 0. The molecule has 0 aliphatic rings. The highest BCUT2D eigenvalue weighted by atomic mass is 79.9. The minimum Gasteiger partial charge on any atom is -0.248 e. The molecule has 4 heteroatoms. The van der Waals surface area contributed by atoms with Crippen molar-refractivity contribution in [3.8, 4) is 0 Å². The summed E-state index contributed by atoms with van der Waals surface area (Å²) in [6.45, 7) is 2.07. The summed E-state index contributed by atoms with van der Waals surface area (Å²) in [5.41, 5.74) is 1.18. The Kier molecular flexibility index (Phi) is 4.05. The van der Waals surface area contributed by atoms with E-state index in [9.17, 15) is 0 Å². The van der Waals surface area contributed by atoms with Crippen LogP contribution < -0.4 is 0 Å². The van der Waals surface area contributed by atoms with Gasteiger partial charge in [-0.1, -0.05) is 23.9 Å². The van der Waals surface area contributed by atoms with Gasteiger partial charge in [-0.05, 0) is 62.5 Å². The Morgan fingerprint density at radius 2 is 1.94 bits per heavy atom. The van der Waals surface area contributed by atoms with E-state index in [1.807, 2.05) is 24.4 Å². The first kappa shape index (κ1) is 12.1. The lowest BCUT2D eigenvalue weighted by molar-refractivity contribution is 1.07. The fraction of sp³-hybridized carbons (Fsp3) is 0.0833. The Balaban J connectivity index is 2.31. The van der Waals surface area contributed by atoms with E-state index in [-0.39, 0.29) is 0 Å². The molecule has 0 unspecified atom stereocenters. The van der Waals surface area contributed by atoms with Crippen LogP contribution in [0.3, 0.4) is 0 Å². The second-order valence-electron chi connectivity index (χ2n) is 3.31. The molecule has 1 heterocycles. The van der Waals surface area contributed by atoms with Crippen LogP contribution in [0, 0.1) is 6.92 Å². The second-order valence-corrected chi connectivity index (χ2v) is 6.11. The van der Waals surface area contributed by atoms with E-state index in [4.69, 9.17) is 0 Å². The van der Waals surface area contributed by atoms with Crippen LogP contribution in [0.15, 0.2) is 55.4 Å². The first-order valence-corrected chi connectivity index (χ1v) is 7.11. The lowest BCUT2D eigenvalue weighted by Crippen LogP contribution is -1.85. The molecule has 0 aliphatic heterocycles. The number of hydrogen-bond acceptors (Lipinski definition) is 2. The molecule has 2 rings (SSSR count). The smallest absolute Gasteiger partial charge is 0.104 e. The summed E-state index contributed by atoms with van der Waals surface area (Å²) in [5, 5.41) is 1.04. The van der Waals surface area contributed by atoms with Crippen LogP contribution in [0.2, 0.25) is 0 Å². The number of benzene rings is 1. The van der Waals surface area contributed by atoms with Gasteiger partial charge in [-0.2, -0.15) is 0 Å². The van der Waals surface area contributed by atoms with Gasteiger partial charge in [-0.3, -0.25) is 0 Å². The molecule has 0 bridgehead atoms. The van der Waals surface area contributed by atoms with Gasteiger partial charge in [0.25, 0.3) is 0 Å². The van der Waals surface area contributed by atoms with Crippen LogP contribution in [-0.2, 0) is 0 Å². The van der Waals surface area contributed by atoms with Crippen molar-refractivity contribution in [2.24, 2.45) is 0 Å². The normalized spacial score (nSPS) is 10.4. The quantitative estimate of drug-likeness (QED) is 0.743. The standard InChI is InChI=1S/C12H9Br2NS/c1-8-6-9(13)7-15-12(8)16-11-5-3-2-4-10(11)14/h2-7H,1H3. The number of hydrogen-bond donors (Lipinski definition) is 0. The van der Waals surface area contributed by atoms with Crippen molar-refractivity contribution < 1.29 is 0 Å². The molecule has 82 valence electrons. The predicted octanol–water partition coefficient (Wildman–Crippen LogP) is 5.07. The molecule has 0 saturated heterocycles. The SMILES string of the molecule is Cc1cc(Br)cnc1Sc1ccccc1Br. The Morgan fingerprint density at radius 1 is 1.19 bits per heavy atom. The van der Waals surface area contributed by atoms with Gasteiger partial charge in [-0.15, -0.1) is 0 Å². The third-order valence-corrected chi connectivity index (χ3v) is 4.62. The zero-order chi connectivity index (χ0) is 11.5. The highest BCUT2D eigenvalue weighted by molar-refractivity contribution is 9.10. The molecule has 1 aromatic heterocycles. The van der Waals surface area contributed by atoms with Crippen molar-refractivity contribution in [3.63, 3.8) is 0 Å². The fourth-order valence-corrected chi connectivity index (χ4v) is 3.09. The topological polar surface area (TPSA) is 12.9 Å². The van der Waals surface area contributed by atoms with Crippen molar-refractivity contribution in [1.29, 1.82) is 0 Å². The molecule has 16 heavy (non-hydrogen) atoms. The van der Waals surface area contributed by atoms with Crippen LogP contribution in [0.1, 0.15) is 5.56 Å². The van der Waals surface area contributed by atoms with E-state index >= 15 is 0 Å². The highest BCUT2D eigenvalue weighted by Crippen LogP contribution is 2.34. The largest absolute Gasteiger partial charge is 0.248 e. The summed E-state index contributed by atoms with van der Waals surface area (Å²) < 4.78 is 2.12. The van der Waals surface area contributed by atoms with E-state index in [0.29, 0.717) is 0 Å². The Hall–Kier alpha value is -0.320. The Bertz CT molecular complexity index is 514. The lowest BCUT2D eigenvalue weighted by Gasteiger charge is -2.06. The average molecular weight is 359 g/mol. The monoisotopic (exact) mass is 357 g/mol. The van der Waals surface area contributed by atoms with Gasteiger partial charge in [0.15, 0.2) is 0 Å². The van der Waals surface area contributed by atoms with Crippen LogP contribution in [0.25, 0.3) is 0 Å². The van der Waals surface area contributed by atoms with Gasteiger partial charge in [-0.25, -0.2) is 4.98 Å². The molecule has 0 spiro atoms. The van der Waals surface area contributed by atoms with Crippen molar-refractivity contribution in [3.05, 3.63) is 51.0 Å². The third kappa shape index (κ3) is 2.87. The van der Waals surface area contributed by atoms with Crippen LogP contribution in [-0.4, -0.2) is 4.98 Å². The molecule has 0 atom stereocenters. The maximum Gasteiger partial charge on any atom is 0.104 e. The molecule has 0 N–H and O–H groups in total. The number of halogens is 2. The number of aromatic nitrogens is 1. The minimum absolute atomic E-state index is 1.02.